The monoisotopic (exact) mass is 603 g/mol. The van der Waals surface area contributed by atoms with Crippen LogP contribution >= 0.6 is 11.6 Å². The molecule has 3 N–H and O–H groups in total. The molecule has 0 bridgehead atoms. The van der Waals surface area contributed by atoms with Crippen LogP contribution in [0.1, 0.15) is 35.3 Å². The van der Waals surface area contributed by atoms with Crippen LogP contribution in [-0.2, 0) is 27.2 Å². The van der Waals surface area contributed by atoms with Crippen LogP contribution in [0.25, 0.3) is 0 Å². The molecule has 3 aromatic rings. The van der Waals surface area contributed by atoms with Crippen LogP contribution in [0.4, 0.5) is 13.2 Å². The summed E-state index contributed by atoms with van der Waals surface area (Å²) in [7, 11) is 0. The van der Waals surface area contributed by atoms with Crippen molar-refractivity contribution in [3.05, 3.63) is 95.0 Å². The van der Waals surface area contributed by atoms with Crippen molar-refractivity contribution in [1.29, 1.82) is 0 Å². The second-order valence-corrected chi connectivity index (χ2v) is 10.3. The Labute approximate surface area is 245 Å². The zero-order chi connectivity index (χ0) is 30.9. The zero-order valence-electron chi connectivity index (χ0n) is 22.7. The molecule has 9 nitrogen and oxygen atoms in total. The molecular weight excluding hydrogens is 575 g/mol. The minimum Gasteiger partial charge on any atom is -0.344 e. The van der Waals surface area contributed by atoms with E-state index >= 15 is 0 Å². The van der Waals surface area contributed by atoms with Gasteiger partial charge < -0.3 is 16.0 Å². The lowest BCUT2D eigenvalue weighted by molar-refractivity contribution is -0.175. The first-order valence-corrected chi connectivity index (χ1v) is 13.3. The van der Waals surface area contributed by atoms with Gasteiger partial charge in [-0.3, -0.25) is 19.2 Å². The average molecular weight is 604 g/mol. The predicted octanol–water partition coefficient (Wildman–Crippen LogP) is 3.47. The number of amides is 3. The van der Waals surface area contributed by atoms with Crippen LogP contribution in [0.3, 0.4) is 0 Å². The Kier molecular flexibility index (Phi) is 11.1. The third-order valence-corrected chi connectivity index (χ3v) is 6.45. The molecule has 2 aromatic carbocycles. The van der Waals surface area contributed by atoms with Crippen molar-refractivity contribution < 1.29 is 32.3 Å². The Balaban J connectivity index is 1.90. The average Bonchev–Trinajstić information content (AvgIpc) is 2.95. The summed E-state index contributed by atoms with van der Waals surface area (Å²) in [4.78, 5) is 59.5. The number of hydrogen-bond acceptors (Lipinski definition) is 6. The summed E-state index contributed by atoms with van der Waals surface area (Å²) in [5.74, 6) is -5.45. The first kappa shape index (κ1) is 32.2. The Morgan fingerprint density at radius 2 is 1.38 bits per heavy atom. The summed E-state index contributed by atoms with van der Waals surface area (Å²) in [5.41, 5.74) is 1.26. The number of halogens is 4. The van der Waals surface area contributed by atoms with E-state index in [1.807, 2.05) is 0 Å². The second kappa shape index (κ2) is 14.5. The van der Waals surface area contributed by atoms with Crippen molar-refractivity contribution in [1.82, 2.24) is 25.9 Å². The molecule has 0 saturated carbocycles. The number of ketones is 1. The van der Waals surface area contributed by atoms with Gasteiger partial charge in [0.15, 0.2) is 0 Å². The first-order chi connectivity index (χ1) is 19.8. The molecular formula is C29H29ClF3N5O4. The maximum Gasteiger partial charge on any atom is 0.452 e. The van der Waals surface area contributed by atoms with Crippen molar-refractivity contribution in [2.45, 2.75) is 51.0 Å². The lowest BCUT2D eigenvalue weighted by Gasteiger charge is -2.27. The van der Waals surface area contributed by atoms with Gasteiger partial charge in [-0.2, -0.15) is 13.2 Å². The largest absolute Gasteiger partial charge is 0.452 e. The van der Waals surface area contributed by atoms with Gasteiger partial charge in [0.1, 0.15) is 18.4 Å². The van der Waals surface area contributed by atoms with Gasteiger partial charge >= 0.3 is 6.18 Å². The summed E-state index contributed by atoms with van der Waals surface area (Å²) < 4.78 is 39.7. The molecule has 13 heteroatoms. The minimum atomic E-state index is -5.17. The molecule has 0 aliphatic carbocycles. The minimum absolute atomic E-state index is 0.0350. The maximum absolute atomic E-state index is 13.6. The van der Waals surface area contributed by atoms with Crippen LogP contribution in [0, 0.1) is 5.92 Å². The Hall–Kier alpha value is -4.32. The lowest BCUT2D eigenvalue weighted by atomic mass is 9.97. The van der Waals surface area contributed by atoms with E-state index in [1.54, 1.807) is 54.6 Å². The molecule has 1 heterocycles. The van der Waals surface area contributed by atoms with E-state index in [1.165, 1.54) is 32.6 Å². The number of aromatic nitrogens is 2. The van der Waals surface area contributed by atoms with Crippen molar-refractivity contribution in [2.75, 3.05) is 0 Å². The Morgan fingerprint density at radius 3 is 1.98 bits per heavy atom. The number of rotatable bonds is 12. The van der Waals surface area contributed by atoms with E-state index in [0.717, 1.165) is 0 Å². The number of hydrogen-bond donors (Lipinski definition) is 3. The van der Waals surface area contributed by atoms with E-state index in [4.69, 9.17) is 11.6 Å². The summed E-state index contributed by atoms with van der Waals surface area (Å²) in [5, 5.41) is 7.71. The number of nitrogens with one attached hydrogen (secondary N) is 3. The van der Waals surface area contributed by atoms with E-state index < -0.39 is 53.7 Å². The maximum atomic E-state index is 13.6. The molecule has 0 spiro atoms. The van der Waals surface area contributed by atoms with E-state index in [0.29, 0.717) is 16.1 Å². The number of Topliss-reactive ketones (excluding diaryl/α,β-unsaturated/α-hetero) is 1. The fourth-order valence-corrected chi connectivity index (χ4v) is 4.28. The number of carbonyl (C=O) groups is 4. The number of carbonyl (C=O) groups excluding carboxylic acids is 4. The summed E-state index contributed by atoms with van der Waals surface area (Å²) in [6.07, 6.45) is -1.57. The van der Waals surface area contributed by atoms with E-state index in [9.17, 15) is 32.3 Å². The summed E-state index contributed by atoms with van der Waals surface area (Å²) in [6.45, 7) is 2.73. The van der Waals surface area contributed by atoms with Crippen LogP contribution in [0.5, 0.6) is 0 Å². The quantitative estimate of drug-likeness (QED) is 0.291. The van der Waals surface area contributed by atoms with Gasteiger partial charge in [0.25, 0.3) is 11.7 Å². The first-order valence-electron chi connectivity index (χ1n) is 12.9. The normalized spacial score (nSPS) is 13.5. The summed E-state index contributed by atoms with van der Waals surface area (Å²) in [6, 6.07) is 10.6. The highest BCUT2D eigenvalue weighted by Crippen LogP contribution is 2.21. The van der Waals surface area contributed by atoms with Gasteiger partial charge in [-0.05, 0) is 29.2 Å². The van der Waals surface area contributed by atoms with Crippen molar-refractivity contribution in [3.8, 4) is 0 Å². The standard InChI is InChI=1S/C29H29ClF3N5O4/c1-17(2)24(25(39)29(31,32)33)38-28(42)22(12-18-7-4-3-5-8-18)37-27(41)23(13-19-9-6-10-21(30)11-19)36-26(40)20-14-34-16-35-15-20/h3-11,14-17,22-24H,12-13H2,1-2H3,(H,36,40)(H,37,41)(H,38,42). The Bertz CT molecular complexity index is 1390. The van der Waals surface area contributed by atoms with Gasteiger partial charge in [-0.15, -0.1) is 0 Å². The highest BCUT2D eigenvalue weighted by molar-refractivity contribution is 6.30. The van der Waals surface area contributed by atoms with Crippen molar-refractivity contribution in [2.24, 2.45) is 5.92 Å². The van der Waals surface area contributed by atoms with Crippen LogP contribution < -0.4 is 16.0 Å². The molecule has 0 saturated heterocycles. The predicted molar refractivity (Wildman–Crippen MR) is 148 cm³/mol. The molecule has 0 fully saturated rings. The molecule has 0 aliphatic heterocycles. The fraction of sp³-hybridized carbons (Fsp3) is 0.310. The molecule has 0 aliphatic rings. The van der Waals surface area contributed by atoms with Gasteiger partial charge in [0, 0.05) is 30.3 Å². The number of benzene rings is 2. The molecule has 1 aromatic heterocycles. The van der Waals surface area contributed by atoms with Gasteiger partial charge in [0.2, 0.25) is 11.8 Å². The fourth-order valence-electron chi connectivity index (χ4n) is 4.06. The summed E-state index contributed by atoms with van der Waals surface area (Å²) >= 11 is 6.09. The molecule has 3 rings (SSSR count). The molecule has 0 radical (unpaired) electrons. The van der Waals surface area contributed by atoms with Crippen LogP contribution in [-0.4, -0.2) is 57.8 Å². The second-order valence-electron chi connectivity index (χ2n) is 9.83. The highest BCUT2D eigenvalue weighted by Gasteiger charge is 2.45. The number of nitrogens with zero attached hydrogens (tertiary/aromatic N) is 2. The van der Waals surface area contributed by atoms with Crippen molar-refractivity contribution in [3.63, 3.8) is 0 Å². The zero-order valence-corrected chi connectivity index (χ0v) is 23.4. The highest BCUT2D eigenvalue weighted by atomic mass is 35.5. The van der Waals surface area contributed by atoms with Crippen LogP contribution in [0.15, 0.2) is 73.3 Å². The third kappa shape index (κ3) is 9.37. The molecule has 222 valence electrons. The SMILES string of the molecule is CC(C)C(NC(=O)C(Cc1ccccc1)NC(=O)C(Cc1cccc(Cl)c1)NC(=O)c1cncnc1)C(=O)C(F)(F)F. The van der Waals surface area contributed by atoms with Gasteiger partial charge in [0.05, 0.1) is 11.6 Å². The van der Waals surface area contributed by atoms with Gasteiger partial charge in [-0.25, -0.2) is 9.97 Å². The lowest BCUT2D eigenvalue weighted by Crippen LogP contribution is -2.58. The molecule has 3 unspecified atom stereocenters. The van der Waals surface area contributed by atoms with E-state index in [2.05, 4.69) is 25.9 Å². The van der Waals surface area contributed by atoms with E-state index in [-0.39, 0.29) is 18.4 Å². The van der Waals surface area contributed by atoms with Crippen molar-refractivity contribution >= 4 is 35.1 Å². The number of alkyl halides is 3. The van der Waals surface area contributed by atoms with Crippen LogP contribution in [0.2, 0.25) is 5.02 Å². The molecule has 42 heavy (non-hydrogen) atoms. The topological polar surface area (TPSA) is 130 Å². The van der Waals surface area contributed by atoms with Gasteiger partial charge in [-0.1, -0.05) is 67.9 Å². The molecule has 3 atom stereocenters. The molecule has 3 amide bonds. The smallest absolute Gasteiger partial charge is 0.344 e. The third-order valence-electron chi connectivity index (χ3n) is 6.22. The Morgan fingerprint density at radius 1 is 0.810 bits per heavy atom.